The Kier molecular flexibility index (Phi) is 43.1. The van der Waals surface area contributed by atoms with Gasteiger partial charge in [0.15, 0.2) is 0 Å². The summed E-state index contributed by atoms with van der Waals surface area (Å²) in [6.07, 6.45) is 17.4. The summed E-state index contributed by atoms with van der Waals surface area (Å²) in [5.74, 6) is 0.0356. The largest absolute Gasteiger partial charge is 0.448 e. The molecule has 0 saturated carbocycles. The molecule has 16 heteroatoms. The second-order valence-electron chi connectivity index (χ2n) is 17.9. The van der Waals surface area contributed by atoms with E-state index in [0.717, 1.165) is 13.0 Å². The number of carbonyl (C=O) groups is 1. The summed E-state index contributed by atoms with van der Waals surface area (Å²) in [4.78, 5) is 14.2. The van der Waals surface area contributed by atoms with Crippen LogP contribution < -0.4 is 0 Å². The topological polar surface area (TPSA) is 150 Å². The van der Waals surface area contributed by atoms with E-state index in [1.54, 1.807) is 7.05 Å². The predicted molar refractivity (Wildman–Crippen MR) is 284 cm³/mol. The molecule has 3 rings (SSSR count). The minimum absolute atomic E-state index is 0.0356. The zero-order chi connectivity index (χ0) is 51.6. The van der Waals surface area contributed by atoms with E-state index in [1.807, 2.05) is 24.3 Å². The lowest BCUT2D eigenvalue weighted by atomic mass is 9.98. The molecule has 0 N–H and O–H groups in total. The van der Waals surface area contributed by atoms with Gasteiger partial charge in [-0.25, -0.2) is 4.79 Å². The smallest absolute Gasteiger partial charge is 0.409 e. The standard InChI is InChI=1S/C57H97NO15/c1-3-4-5-6-7-8-9-10-11-12-13-14-19-25-60-27-29-62-31-33-64-35-37-66-39-41-68-43-45-70-47-49-72-50-48-71-46-44-69-42-40-67-38-36-65-34-32-63-30-28-61-26-24-58(2)57(59)73-51-56-54-22-17-15-20-52(54)53-21-16-18-23-55(53)56/h15-18,20-23,56H,3-14,19,24-51H2,1-2H3. The number of benzene rings is 2. The minimum atomic E-state index is -0.365. The van der Waals surface area contributed by atoms with Crippen molar-refractivity contribution in [1.82, 2.24) is 4.90 Å². The van der Waals surface area contributed by atoms with Gasteiger partial charge < -0.3 is 71.2 Å². The van der Waals surface area contributed by atoms with Gasteiger partial charge in [-0.05, 0) is 28.7 Å². The van der Waals surface area contributed by atoms with Gasteiger partial charge in [-0.15, -0.1) is 0 Å². The second kappa shape index (κ2) is 48.8. The molecule has 0 spiro atoms. The van der Waals surface area contributed by atoms with Gasteiger partial charge in [0.05, 0.1) is 165 Å². The normalized spacial score (nSPS) is 12.2. The SMILES string of the molecule is CCCCCCCCCCCCCCCOCCOCCOCCOCCOCCOCCOCCOCCOCCOCCOCCOCCOCCN(C)C(=O)OCC1c2ccccc2-c2ccccc21. The molecule has 1 amide bonds. The highest BCUT2D eigenvalue weighted by Gasteiger charge is 2.29. The monoisotopic (exact) mass is 1040 g/mol. The Balaban J connectivity index is 0.894. The number of nitrogens with zero attached hydrogens (tertiary/aromatic N) is 1. The minimum Gasteiger partial charge on any atom is -0.448 e. The van der Waals surface area contributed by atoms with Gasteiger partial charge in [0.1, 0.15) is 6.61 Å². The molecule has 0 bridgehead atoms. The molecule has 0 fully saturated rings. The molecular weight excluding hydrogens is 939 g/mol. The van der Waals surface area contributed by atoms with Crippen LogP contribution in [0.15, 0.2) is 48.5 Å². The third kappa shape index (κ3) is 35.2. The number of unbranched alkanes of at least 4 members (excludes halogenated alkanes) is 12. The summed E-state index contributed by atoms with van der Waals surface area (Å²) in [6.45, 7) is 16.4. The third-order valence-corrected chi connectivity index (χ3v) is 12.1. The van der Waals surface area contributed by atoms with E-state index in [2.05, 4.69) is 31.2 Å². The summed E-state index contributed by atoms with van der Waals surface area (Å²) in [5.41, 5.74) is 4.80. The lowest BCUT2D eigenvalue weighted by Gasteiger charge is -2.19. The summed E-state index contributed by atoms with van der Waals surface area (Å²) in [6, 6.07) is 16.6. The van der Waals surface area contributed by atoms with Crippen LogP contribution in [0.1, 0.15) is 107 Å². The summed E-state index contributed by atoms with van der Waals surface area (Å²) in [5, 5.41) is 0. The molecule has 0 aromatic heterocycles. The summed E-state index contributed by atoms with van der Waals surface area (Å²) < 4.78 is 78.1. The lowest BCUT2D eigenvalue weighted by molar-refractivity contribution is -0.0291. The maximum absolute atomic E-state index is 12.7. The van der Waals surface area contributed by atoms with E-state index in [-0.39, 0.29) is 12.0 Å². The van der Waals surface area contributed by atoms with Crippen LogP contribution in [-0.2, 0) is 66.3 Å². The van der Waals surface area contributed by atoms with Gasteiger partial charge in [0.2, 0.25) is 0 Å². The van der Waals surface area contributed by atoms with E-state index < -0.39 is 0 Å². The van der Waals surface area contributed by atoms with Crippen LogP contribution in [0, 0.1) is 0 Å². The molecular formula is C57H97NO15. The number of ether oxygens (including phenoxy) is 14. The number of carbonyl (C=O) groups excluding carboxylic acids is 1. The molecule has 1 aliphatic rings. The number of likely N-dealkylation sites (N-methyl/N-ethyl adjacent to an activating group) is 1. The summed E-state index contributed by atoms with van der Waals surface area (Å²) in [7, 11) is 1.72. The van der Waals surface area contributed by atoms with Crippen molar-refractivity contribution in [2.24, 2.45) is 0 Å². The van der Waals surface area contributed by atoms with Crippen molar-refractivity contribution in [2.45, 2.75) is 96.3 Å². The maximum atomic E-state index is 12.7. The summed E-state index contributed by atoms with van der Waals surface area (Å²) >= 11 is 0. The highest BCUT2D eigenvalue weighted by atomic mass is 16.6. The number of hydrogen-bond donors (Lipinski definition) is 0. The van der Waals surface area contributed by atoms with Crippen LogP contribution in [0.2, 0.25) is 0 Å². The van der Waals surface area contributed by atoms with E-state index >= 15 is 0 Å². The molecule has 0 aliphatic heterocycles. The zero-order valence-electron chi connectivity index (χ0n) is 45.3. The number of amides is 1. The Morgan fingerprint density at radius 2 is 0.616 bits per heavy atom. The van der Waals surface area contributed by atoms with Crippen molar-refractivity contribution < 1.29 is 71.1 Å². The van der Waals surface area contributed by atoms with Gasteiger partial charge in [0.25, 0.3) is 0 Å². The van der Waals surface area contributed by atoms with Gasteiger partial charge in [-0.3, -0.25) is 0 Å². The fourth-order valence-electron chi connectivity index (χ4n) is 7.96. The van der Waals surface area contributed by atoms with Crippen molar-refractivity contribution in [3.05, 3.63) is 59.7 Å². The Morgan fingerprint density at radius 3 is 0.932 bits per heavy atom. The Labute approximate surface area is 439 Å². The Bertz CT molecular complexity index is 1480. The van der Waals surface area contributed by atoms with E-state index in [4.69, 9.17) is 66.3 Å². The molecule has 73 heavy (non-hydrogen) atoms. The predicted octanol–water partition coefficient (Wildman–Crippen LogP) is 9.17. The quantitative estimate of drug-likeness (QED) is 0.0579. The van der Waals surface area contributed by atoms with Crippen LogP contribution in [-0.4, -0.2) is 203 Å². The van der Waals surface area contributed by atoms with Crippen LogP contribution in [0.3, 0.4) is 0 Å². The highest BCUT2D eigenvalue weighted by molar-refractivity contribution is 5.79. The molecule has 0 heterocycles. The van der Waals surface area contributed by atoms with Crippen molar-refractivity contribution in [2.75, 3.05) is 192 Å². The fourth-order valence-corrected chi connectivity index (χ4v) is 7.96. The van der Waals surface area contributed by atoms with Gasteiger partial charge in [-0.1, -0.05) is 133 Å². The molecule has 420 valence electrons. The molecule has 1 aliphatic carbocycles. The maximum Gasteiger partial charge on any atom is 0.409 e. The fraction of sp³-hybridized carbons (Fsp3) is 0.772. The van der Waals surface area contributed by atoms with Crippen LogP contribution in [0.25, 0.3) is 11.1 Å². The van der Waals surface area contributed by atoms with Crippen LogP contribution >= 0.6 is 0 Å². The number of fused-ring (bicyclic) bond motifs is 3. The first-order chi connectivity index (χ1) is 36.2. The Hall–Kier alpha value is -2.81. The lowest BCUT2D eigenvalue weighted by Crippen LogP contribution is -2.32. The Morgan fingerprint density at radius 1 is 0.356 bits per heavy atom. The first-order valence-corrected chi connectivity index (χ1v) is 27.8. The molecule has 16 nitrogen and oxygen atoms in total. The van der Waals surface area contributed by atoms with Crippen LogP contribution in [0.5, 0.6) is 0 Å². The average molecular weight is 1040 g/mol. The third-order valence-electron chi connectivity index (χ3n) is 12.1. The van der Waals surface area contributed by atoms with E-state index in [9.17, 15) is 4.79 Å². The average Bonchev–Trinajstić information content (AvgIpc) is 3.73. The van der Waals surface area contributed by atoms with Crippen molar-refractivity contribution >= 4 is 6.09 Å². The zero-order valence-corrected chi connectivity index (χ0v) is 45.3. The second-order valence-corrected chi connectivity index (χ2v) is 17.9. The molecule has 0 unspecified atom stereocenters. The molecule has 2 aromatic rings. The molecule has 0 atom stereocenters. The number of rotatable bonds is 55. The first-order valence-electron chi connectivity index (χ1n) is 27.8. The molecule has 0 radical (unpaired) electrons. The highest BCUT2D eigenvalue weighted by Crippen LogP contribution is 2.44. The van der Waals surface area contributed by atoms with Crippen molar-refractivity contribution in [1.29, 1.82) is 0 Å². The van der Waals surface area contributed by atoms with Gasteiger partial charge in [0, 0.05) is 26.1 Å². The number of hydrogen-bond acceptors (Lipinski definition) is 15. The van der Waals surface area contributed by atoms with Gasteiger partial charge >= 0.3 is 6.09 Å². The van der Waals surface area contributed by atoms with E-state index in [0.29, 0.717) is 178 Å². The molecule has 2 aromatic carbocycles. The molecule has 0 saturated heterocycles. The van der Waals surface area contributed by atoms with Crippen molar-refractivity contribution in [3.63, 3.8) is 0 Å². The van der Waals surface area contributed by atoms with E-state index in [1.165, 1.54) is 104 Å². The first kappa shape index (κ1) is 64.5. The van der Waals surface area contributed by atoms with Gasteiger partial charge in [-0.2, -0.15) is 0 Å². The van der Waals surface area contributed by atoms with Crippen molar-refractivity contribution in [3.8, 4) is 11.1 Å². The van der Waals surface area contributed by atoms with Crippen LogP contribution in [0.4, 0.5) is 4.79 Å².